The minimum atomic E-state index is -0.368. The molecule has 0 spiro atoms. The molecule has 1 aromatic carbocycles. The topological polar surface area (TPSA) is 35.2 Å². The fourth-order valence-corrected chi connectivity index (χ4v) is 1.10. The molecule has 0 saturated heterocycles. The van der Waals surface area contributed by atoms with Gasteiger partial charge in [-0.15, -0.1) is 0 Å². The number of rotatable bonds is 2. The Kier molecular flexibility index (Phi) is 2.65. The fourth-order valence-electron chi connectivity index (χ4n) is 1.10. The van der Waals surface area contributed by atoms with Crippen LogP contribution in [0.2, 0.25) is 0 Å². The van der Waals surface area contributed by atoms with Gasteiger partial charge in [0.25, 0.3) is 0 Å². The lowest BCUT2D eigenvalue weighted by Crippen LogP contribution is -2.07. The number of benzene rings is 1. The third kappa shape index (κ3) is 1.56. The molecule has 1 atom stereocenters. The Hall–Kier alpha value is -1.09. The molecule has 0 radical (unpaired) electrons. The molecule has 2 N–H and O–H groups in total. The van der Waals surface area contributed by atoms with Crippen molar-refractivity contribution in [2.45, 2.75) is 13.0 Å². The van der Waals surface area contributed by atoms with E-state index in [1.165, 1.54) is 13.2 Å². The van der Waals surface area contributed by atoms with Gasteiger partial charge in [0, 0.05) is 11.6 Å². The van der Waals surface area contributed by atoms with Gasteiger partial charge in [-0.3, -0.25) is 0 Å². The van der Waals surface area contributed by atoms with Gasteiger partial charge in [0.2, 0.25) is 0 Å². The number of hydrogen-bond donors (Lipinski definition) is 1. The Balaban J connectivity index is 3.18. The Bertz CT molecular complexity index is 273. The standard InChI is InChI=1S/C9H12FNO/c1-6(11)7-4-3-5-8(10)9(7)12-2/h3-6H,11H2,1-2H3. The lowest BCUT2D eigenvalue weighted by molar-refractivity contribution is 0.379. The maximum atomic E-state index is 13.0. The molecule has 0 aromatic heterocycles. The molecule has 0 saturated carbocycles. The zero-order chi connectivity index (χ0) is 9.14. The van der Waals surface area contributed by atoms with E-state index in [2.05, 4.69) is 0 Å². The van der Waals surface area contributed by atoms with Crippen LogP contribution in [0.1, 0.15) is 18.5 Å². The maximum Gasteiger partial charge on any atom is 0.165 e. The van der Waals surface area contributed by atoms with Crippen molar-refractivity contribution >= 4 is 0 Å². The number of nitrogens with two attached hydrogens (primary N) is 1. The van der Waals surface area contributed by atoms with Crippen LogP contribution in [0.3, 0.4) is 0 Å². The second kappa shape index (κ2) is 3.54. The van der Waals surface area contributed by atoms with Crippen LogP contribution in [-0.4, -0.2) is 7.11 Å². The molecule has 0 amide bonds. The van der Waals surface area contributed by atoms with E-state index in [9.17, 15) is 4.39 Å². The van der Waals surface area contributed by atoms with E-state index in [0.717, 1.165) is 0 Å². The zero-order valence-electron chi connectivity index (χ0n) is 7.17. The van der Waals surface area contributed by atoms with Crippen LogP contribution in [0.15, 0.2) is 18.2 Å². The van der Waals surface area contributed by atoms with Gasteiger partial charge in [-0.25, -0.2) is 4.39 Å². The van der Waals surface area contributed by atoms with Crippen LogP contribution in [0, 0.1) is 5.82 Å². The Morgan fingerprint density at radius 3 is 2.58 bits per heavy atom. The number of ether oxygens (including phenoxy) is 1. The van der Waals surface area contributed by atoms with E-state index >= 15 is 0 Å². The van der Waals surface area contributed by atoms with Crippen molar-refractivity contribution in [2.24, 2.45) is 5.73 Å². The molecule has 0 aliphatic rings. The minimum Gasteiger partial charge on any atom is -0.493 e. The quantitative estimate of drug-likeness (QED) is 0.733. The third-order valence-corrected chi connectivity index (χ3v) is 1.69. The molecule has 66 valence electrons. The predicted molar refractivity (Wildman–Crippen MR) is 45.6 cm³/mol. The minimum absolute atomic E-state index is 0.212. The van der Waals surface area contributed by atoms with E-state index < -0.39 is 0 Å². The van der Waals surface area contributed by atoms with Crippen LogP contribution < -0.4 is 10.5 Å². The number of hydrogen-bond acceptors (Lipinski definition) is 2. The third-order valence-electron chi connectivity index (χ3n) is 1.69. The lowest BCUT2D eigenvalue weighted by atomic mass is 10.1. The van der Waals surface area contributed by atoms with Gasteiger partial charge in [-0.05, 0) is 13.0 Å². The van der Waals surface area contributed by atoms with Gasteiger partial charge in [0.1, 0.15) is 0 Å². The van der Waals surface area contributed by atoms with Gasteiger partial charge in [-0.1, -0.05) is 12.1 Å². The van der Waals surface area contributed by atoms with Gasteiger partial charge in [-0.2, -0.15) is 0 Å². The summed E-state index contributed by atoms with van der Waals surface area (Å²) >= 11 is 0. The Morgan fingerprint density at radius 2 is 2.17 bits per heavy atom. The average molecular weight is 169 g/mol. The summed E-state index contributed by atoms with van der Waals surface area (Å²) in [5, 5.41) is 0. The van der Waals surface area contributed by atoms with Crippen molar-refractivity contribution in [3.63, 3.8) is 0 Å². The SMILES string of the molecule is COc1c(F)cccc1C(C)N. The van der Waals surface area contributed by atoms with Gasteiger partial charge in [0.05, 0.1) is 7.11 Å². The zero-order valence-corrected chi connectivity index (χ0v) is 7.17. The Morgan fingerprint density at radius 1 is 1.50 bits per heavy atom. The van der Waals surface area contributed by atoms with Crippen LogP contribution in [0.25, 0.3) is 0 Å². The molecule has 1 rings (SSSR count). The highest BCUT2D eigenvalue weighted by molar-refractivity contribution is 5.36. The van der Waals surface area contributed by atoms with Gasteiger partial charge in [0.15, 0.2) is 11.6 Å². The fraction of sp³-hybridized carbons (Fsp3) is 0.333. The maximum absolute atomic E-state index is 13.0. The summed E-state index contributed by atoms with van der Waals surface area (Å²) < 4.78 is 17.9. The number of para-hydroxylation sites is 1. The largest absolute Gasteiger partial charge is 0.493 e. The normalized spacial score (nSPS) is 12.7. The molecule has 0 fully saturated rings. The highest BCUT2D eigenvalue weighted by Gasteiger charge is 2.10. The van der Waals surface area contributed by atoms with Crippen LogP contribution in [0.4, 0.5) is 4.39 Å². The first kappa shape index (κ1) is 9.00. The molecular formula is C9H12FNO. The Labute approximate surface area is 71.1 Å². The summed E-state index contributed by atoms with van der Waals surface area (Å²) in [4.78, 5) is 0. The summed E-state index contributed by atoms with van der Waals surface area (Å²) in [5.41, 5.74) is 6.30. The molecule has 12 heavy (non-hydrogen) atoms. The number of halogens is 1. The molecule has 3 heteroatoms. The van der Waals surface area contributed by atoms with Crippen molar-refractivity contribution < 1.29 is 9.13 Å². The summed E-state index contributed by atoms with van der Waals surface area (Å²) in [7, 11) is 1.43. The molecule has 0 bridgehead atoms. The molecule has 1 aromatic rings. The van der Waals surface area contributed by atoms with Crippen molar-refractivity contribution in [3.05, 3.63) is 29.6 Å². The smallest absolute Gasteiger partial charge is 0.165 e. The van der Waals surface area contributed by atoms with E-state index in [-0.39, 0.29) is 17.6 Å². The first-order valence-electron chi connectivity index (χ1n) is 3.74. The van der Waals surface area contributed by atoms with Gasteiger partial charge >= 0.3 is 0 Å². The van der Waals surface area contributed by atoms with Crippen molar-refractivity contribution in [1.29, 1.82) is 0 Å². The lowest BCUT2D eigenvalue weighted by Gasteiger charge is -2.11. The molecule has 0 aliphatic carbocycles. The van der Waals surface area contributed by atoms with E-state index in [0.29, 0.717) is 5.56 Å². The molecule has 2 nitrogen and oxygen atoms in total. The molecule has 1 unspecified atom stereocenters. The number of methoxy groups -OCH3 is 1. The van der Waals surface area contributed by atoms with Crippen LogP contribution in [0.5, 0.6) is 5.75 Å². The van der Waals surface area contributed by atoms with Gasteiger partial charge < -0.3 is 10.5 Å². The highest BCUT2D eigenvalue weighted by atomic mass is 19.1. The highest BCUT2D eigenvalue weighted by Crippen LogP contribution is 2.26. The van der Waals surface area contributed by atoms with E-state index in [4.69, 9.17) is 10.5 Å². The monoisotopic (exact) mass is 169 g/mol. The van der Waals surface area contributed by atoms with Crippen molar-refractivity contribution in [2.75, 3.05) is 7.11 Å². The summed E-state index contributed by atoms with van der Waals surface area (Å²) in [6.45, 7) is 1.79. The first-order valence-corrected chi connectivity index (χ1v) is 3.74. The van der Waals surface area contributed by atoms with Crippen molar-refractivity contribution in [1.82, 2.24) is 0 Å². The van der Waals surface area contributed by atoms with Crippen LogP contribution in [-0.2, 0) is 0 Å². The van der Waals surface area contributed by atoms with E-state index in [1.807, 2.05) is 0 Å². The molecule has 0 heterocycles. The molecular weight excluding hydrogens is 157 g/mol. The summed E-state index contributed by atoms with van der Waals surface area (Å²) in [5.74, 6) is -0.125. The van der Waals surface area contributed by atoms with Crippen LogP contribution >= 0.6 is 0 Å². The second-order valence-corrected chi connectivity index (χ2v) is 2.65. The molecule has 0 aliphatic heterocycles. The summed E-state index contributed by atoms with van der Waals surface area (Å²) in [6, 6.07) is 4.52. The second-order valence-electron chi connectivity index (χ2n) is 2.65. The van der Waals surface area contributed by atoms with Crippen molar-refractivity contribution in [3.8, 4) is 5.75 Å². The summed E-state index contributed by atoms with van der Waals surface area (Å²) in [6.07, 6.45) is 0. The first-order chi connectivity index (χ1) is 5.66. The average Bonchev–Trinajstić information content (AvgIpc) is 2.03. The predicted octanol–water partition coefficient (Wildman–Crippen LogP) is 1.85. The van der Waals surface area contributed by atoms with E-state index in [1.54, 1.807) is 19.1 Å².